The molecule has 2 aromatic rings. The summed E-state index contributed by atoms with van der Waals surface area (Å²) in [7, 11) is -3.74. The lowest BCUT2D eigenvalue weighted by atomic mass is 10.0. The van der Waals surface area contributed by atoms with Crippen LogP contribution in [0.4, 0.5) is 10.1 Å². The van der Waals surface area contributed by atoms with Crippen molar-refractivity contribution < 1.29 is 12.8 Å². The van der Waals surface area contributed by atoms with E-state index < -0.39 is 10.0 Å². The van der Waals surface area contributed by atoms with Crippen LogP contribution < -0.4 is 4.31 Å². The molecule has 122 valence electrons. The van der Waals surface area contributed by atoms with E-state index in [1.54, 1.807) is 19.9 Å². The van der Waals surface area contributed by atoms with E-state index in [0.717, 1.165) is 5.56 Å². The van der Waals surface area contributed by atoms with Gasteiger partial charge in [0.05, 0.1) is 5.69 Å². The summed E-state index contributed by atoms with van der Waals surface area (Å²) in [6.45, 7) is 5.67. The second-order valence-electron chi connectivity index (χ2n) is 5.87. The van der Waals surface area contributed by atoms with Gasteiger partial charge in [0.25, 0.3) is 10.0 Å². The van der Waals surface area contributed by atoms with Crippen molar-refractivity contribution in [1.29, 1.82) is 0 Å². The smallest absolute Gasteiger partial charge is 0.265 e. The third kappa shape index (κ3) is 2.65. The number of fused-ring (bicyclic) bond motifs is 1. The summed E-state index contributed by atoms with van der Waals surface area (Å²) in [5.41, 5.74) is 2.55. The van der Waals surface area contributed by atoms with E-state index in [9.17, 15) is 12.8 Å². The van der Waals surface area contributed by atoms with Gasteiger partial charge < -0.3 is 0 Å². The second kappa shape index (κ2) is 5.56. The van der Waals surface area contributed by atoms with Gasteiger partial charge in [0.15, 0.2) is 0 Å². The predicted octanol–water partition coefficient (Wildman–Crippen LogP) is 3.91. The molecule has 1 atom stereocenters. The largest absolute Gasteiger partial charge is 0.266 e. The maximum Gasteiger partial charge on any atom is 0.266 e. The molecule has 0 radical (unpaired) electrons. The normalized spacial score (nSPS) is 17.4. The maximum absolute atomic E-state index is 13.7. The third-order valence-corrected chi connectivity index (χ3v) is 6.44. The number of hydrogen-bond acceptors (Lipinski definition) is 3. The number of pyridine rings is 1. The van der Waals surface area contributed by atoms with Crippen LogP contribution in [0.2, 0.25) is 0 Å². The van der Waals surface area contributed by atoms with Crippen molar-refractivity contribution in [3.05, 3.63) is 51.5 Å². The van der Waals surface area contributed by atoms with E-state index in [1.165, 1.54) is 22.6 Å². The van der Waals surface area contributed by atoms with Crippen LogP contribution in [0.25, 0.3) is 0 Å². The number of halogens is 2. The van der Waals surface area contributed by atoms with E-state index in [2.05, 4.69) is 20.9 Å². The first-order valence-corrected chi connectivity index (χ1v) is 9.40. The Morgan fingerprint density at radius 1 is 1.26 bits per heavy atom. The summed E-state index contributed by atoms with van der Waals surface area (Å²) in [4.78, 5) is 4.21. The number of aryl methyl sites for hydroxylation is 2. The number of nitrogens with zero attached hydrogens (tertiary/aromatic N) is 2. The number of anilines is 1. The summed E-state index contributed by atoms with van der Waals surface area (Å²) in [5, 5.41) is 0. The van der Waals surface area contributed by atoms with Crippen molar-refractivity contribution in [2.24, 2.45) is 0 Å². The molecule has 0 fully saturated rings. The number of benzene rings is 1. The zero-order chi connectivity index (χ0) is 16.9. The first-order chi connectivity index (χ1) is 10.7. The predicted molar refractivity (Wildman–Crippen MR) is 90.8 cm³/mol. The summed E-state index contributed by atoms with van der Waals surface area (Å²) in [6.07, 6.45) is 1.36. The molecule has 1 aromatic heterocycles. The van der Waals surface area contributed by atoms with Crippen molar-refractivity contribution in [2.45, 2.75) is 31.6 Å². The molecule has 3 rings (SSSR count). The van der Waals surface area contributed by atoms with Crippen LogP contribution in [0, 0.1) is 19.7 Å². The fraction of sp³-hybridized carbons (Fsp3) is 0.312. The molecular weight excluding hydrogens is 383 g/mol. The average Bonchev–Trinajstić information content (AvgIpc) is 2.76. The summed E-state index contributed by atoms with van der Waals surface area (Å²) < 4.78 is 41.8. The van der Waals surface area contributed by atoms with Crippen molar-refractivity contribution in [3.63, 3.8) is 0 Å². The van der Waals surface area contributed by atoms with Crippen LogP contribution in [0.15, 0.2) is 33.9 Å². The van der Waals surface area contributed by atoms with Gasteiger partial charge in [-0.1, -0.05) is 6.92 Å². The highest BCUT2D eigenvalue weighted by Gasteiger charge is 2.37. The molecule has 4 nitrogen and oxygen atoms in total. The number of rotatable bonds is 2. The molecule has 0 aliphatic carbocycles. The van der Waals surface area contributed by atoms with E-state index in [1.807, 2.05) is 6.92 Å². The van der Waals surface area contributed by atoms with Gasteiger partial charge >= 0.3 is 0 Å². The molecule has 1 aliphatic heterocycles. The van der Waals surface area contributed by atoms with Gasteiger partial charge in [-0.15, -0.1) is 0 Å². The van der Waals surface area contributed by atoms with Crippen molar-refractivity contribution >= 4 is 31.6 Å². The minimum absolute atomic E-state index is 0.0575. The van der Waals surface area contributed by atoms with E-state index >= 15 is 0 Å². The lowest BCUT2D eigenvalue weighted by Crippen LogP contribution is -2.30. The van der Waals surface area contributed by atoms with Gasteiger partial charge in [-0.3, -0.25) is 4.31 Å². The molecule has 23 heavy (non-hydrogen) atoms. The highest BCUT2D eigenvalue weighted by molar-refractivity contribution is 9.10. The first-order valence-electron chi connectivity index (χ1n) is 7.16. The molecule has 0 saturated carbocycles. The molecule has 1 unspecified atom stereocenters. The van der Waals surface area contributed by atoms with E-state index in [4.69, 9.17) is 0 Å². The lowest BCUT2D eigenvalue weighted by molar-refractivity contribution is 0.589. The summed E-state index contributed by atoms with van der Waals surface area (Å²) >= 11 is 3.24. The lowest BCUT2D eigenvalue weighted by Gasteiger charge is -2.22. The highest BCUT2D eigenvalue weighted by atomic mass is 79.9. The Morgan fingerprint density at radius 3 is 2.61 bits per heavy atom. The highest BCUT2D eigenvalue weighted by Crippen LogP contribution is 2.42. The van der Waals surface area contributed by atoms with Crippen LogP contribution in [-0.2, 0) is 10.0 Å². The van der Waals surface area contributed by atoms with Crippen LogP contribution >= 0.6 is 15.9 Å². The molecular formula is C16H16BrFN2O2S. The Morgan fingerprint density at radius 2 is 1.96 bits per heavy atom. The molecule has 0 amide bonds. The molecule has 1 aromatic carbocycles. The van der Waals surface area contributed by atoms with Gasteiger partial charge in [-0.25, -0.2) is 17.8 Å². The Kier molecular flexibility index (Phi) is 3.96. The number of hydrogen-bond donors (Lipinski definition) is 0. The standard InChI is InChI=1S/C16H16BrFN2O2S/c1-9-5-15(17)19-7-14(9)23(21,22)20-8-11(3)13-6-12(18)4-10(2)16(13)20/h4-7,11H,8H2,1-3H3. The van der Waals surface area contributed by atoms with Crippen LogP contribution in [-0.4, -0.2) is 19.9 Å². The Bertz CT molecular complexity index is 899. The van der Waals surface area contributed by atoms with Gasteiger partial charge in [0.1, 0.15) is 15.3 Å². The molecule has 0 N–H and O–H groups in total. The molecule has 0 spiro atoms. The quantitative estimate of drug-likeness (QED) is 0.720. The topological polar surface area (TPSA) is 50.3 Å². The first kappa shape index (κ1) is 16.4. The minimum atomic E-state index is -3.74. The molecule has 0 saturated heterocycles. The van der Waals surface area contributed by atoms with Gasteiger partial charge in [0.2, 0.25) is 0 Å². The van der Waals surface area contributed by atoms with Crippen molar-refractivity contribution in [3.8, 4) is 0 Å². The summed E-state index contributed by atoms with van der Waals surface area (Å²) in [6, 6.07) is 4.46. The SMILES string of the molecule is Cc1cc(Br)ncc1S(=O)(=O)N1CC(C)c2cc(F)cc(C)c21. The Balaban J connectivity index is 2.17. The van der Waals surface area contributed by atoms with E-state index in [0.29, 0.717) is 28.0 Å². The Hall–Kier alpha value is -1.47. The molecule has 7 heteroatoms. The minimum Gasteiger partial charge on any atom is -0.265 e. The average molecular weight is 399 g/mol. The number of aromatic nitrogens is 1. The number of sulfonamides is 1. The fourth-order valence-electron chi connectivity index (χ4n) is 3.03. The van der Waals surface area contributed by atoms with Gasteiger partial charge in [-0.2, -0.15) is 0 Å². The fourth-order valence-corrected chi connectivity index (χ4v) is 5.28. The van der Waals surface area contributed by atoms with Crippen LogP contribution in [0.3, 0.4) is 0 Å². The monoisotopic (exact) mass is 398 g/mol. The third-order valence-electron chi connectivity index (χ3n) is 4.11. The molecule has 0 bridgehead atoms. The molecule has 2 heterocycles. The van der Waals surface area contributed by atoms with Crippen molar-refractivity contribution in [2.75, 3.05) is 10.8 Å². The Labute approximate surface area is 143 Å². The zero-order valence-electron chi connectivity index (χ0n) is 13.0. The van der Waals surface area contributed by atoms with Crippen molar-refractivity contribution in [1.82, 2.24) is 4.98 Å². The van der Waals surface area contributed by atoms with Gasteiger partial charge in [-0.05, 0) is 64.7 Å². The maximum atomic E-state index is 13.7. The molecule has 1 aliphatic rings. The second-order valence-corrected chi connectivity index (χ2v) is 8.51. The van der Waals surface area contributed by atoms with E-state index in [-0.39, 0.29) is 16.6 Å². The zero-order valence-corrected chi connectivity index (χ0v) is 15.4. The van der Waals surface area contributed by atoms with Gasteiger partial charge in [0, 0.05) is 18.7 Å². The van der Waals surface area contributed by atoms with Crippen LogP contribution in [0.5, 0.6) is 0 Å². The summed E-state index contributed by atoms with van der Waals surface area (Å²) in [5.74, 6) is -0.397. The van der Waals surface area contributed by atoms with Crippen LogP contribution in [0.1, 0.15) is 29.5 Å².